The van der Waals surface area contributed by atoms with Crippen LogP contribution in [-0.2, 0) is 11.3 Å². The molecule has 2 heterocycles. The van der Waals surface area contributed by atoms with Crippen LogP contribution in [0.5, 0.6) is 5.88 Å². The van der Waals surface area contributed by atoms with Crippen molar-refractivity contribution in [3.8, 4) is 5.88 Å². The Bertz CT molecular complexity index is 422. The third-order valence-corrected chi connectivity index (χ3v) is 3.27. The molecule has 0 aromatic carbocycles. The lowest BCUT2D eigenvalue weighted by Crippen LogP contribution is -2.41. The predicted octanol–water partition coefficient (Wildman–Crippen LogP) is 0.801. The number of aromatic nitrogens is 1. The Morgan fingerprint density at radius 1 is 1.61 bits per heavy atom. The molecule has 1 aliphatic heterocycles. The Hall–Kier alpha value is -1.62. The highest BCUT2D eigenvalue weighted by Crippen LogP contribution is 2.18. The number of pyridine rings is 1. The molecule has 0 saturated carbocycles. The van der Waals surface area contributed by atoms with E-state index in [0.29, 0.717) is 12.4 Å². The van der Waals surface area contributed by atoms with E-state index in [1.165, 1.54) is 0 Å². The van der Waals surface area contributed by atoms with Crippen molar-refractivity contribution in [3.05, 3.63) is 23.9 Å². The zero-order chi connectivity index (χ0) is 13.0. The van der Waals surface area contributed by atoms with Gasteiger partial charge in [-0.25, -0.2) is 4.98 Å². The molecule has 0 bridgehead atoms. The van der Waals surface area contributed by atoms with Gasteiger partial charge < -0.3 is 10.1 Å². The smallest absolute Gasteiger partial charge is 0.237 e. The van der Waals surface area contributed by atoms with Gasteiger partial charge in [-0.05, 0) is 19.4 Å². The molecule has 5 nitrogen and oxygen atoms in total. The lowest BCUT2D eigenvalue weighted by molar-refractivity contribution is -0.125. The maximum atomic E-state index is 11.8. The lowest BCUT2D eigenvalue weighted by Gasteiger charge is -2.25. The number of methoxy groups -OCH3 is 1. The lowest BCUT2D eigenvalue weighted by atomic mass is 10.2. The molecular formula is C13H19N3O2. The summed E-state index contributed by atoms with van der Waals surface area (Å²) in [5.41, 5.74) is 1.02. The molecule has 1 unspecified atom stereocenters. The molecule has 1 fully saturated rings. The average Bonchev–Trinajstić information content (AvgIpc) is 2.55. The summed E-state index contributed by atoms with van der Waals surface area (Å²) in [4.78, 5) is 18.1. The van der Waals surface area contributed by atoms with Crippen LogP contribution in [0, 0.1) is 0 Å². The van der Waals surface area contributed by atoms with E-state index in [2.05, 4.69) is 15.2 Å². The summed E-state index contributed by atoms with van der Waals surface area (Å²) in [7, 11) is 1.62. The van der Waals surface area contributed by atoms with Gasteiger partial charge in [0.05, 0.1) is 13.2 Å². The largest absolute Gasteiger partial charge is 0.481 e. The van der Waals surface area contributed by atoms with Crippen molar-refractivity contribution in [2.24, 2.45) is 0 Å². The number of hydrogen-bond acceptors (Lipinski definition) is 4. The topological polar surface area (TPSA) is 54.5 Å². The van der Waals surface area contributed by atoms with E-state index < -0.39 is 0 Å². The molecule has 0 spiro atoms. The van der Waals surface area contributed by atoms with Crippen LogP contribution in [0.15, 0.2) is 18.3 Å². The van der Waals surface area contributed by atoms with Crippen molar-refractivity contribution in [1.82, 2.24) is 15.2 Å². The first-order valence-electron chi connectivity index (χ1n) is 6.22. The van der Waals surface area contributed by atoms with Gasteiger partial charge in [-0.15, -0.1) is 0 Å². The van der Waals surface area contributed by atoms with Crippen molar-refractivity contribution in [2.75, 3.05) is 20.2 Å². The number of hydrogen-bond donors (Lipinski definition) is 1. The Morgan fingerprint density at radius 2 is 2.44 bits per heavy atom. The monoisotopic (exact) mass is 249 g/mol. The van der Waals surface area contributed by atoms with Crippen LogP contribution in [0.1, 0.15) is 18.9 Å². The van der Waals surface area contributed by atoms with E-state index in [4.69, 9.17) is 4.74 Å². The SMILES string of the molecule is COc1ncccc1CN1CCCNC(=O)C1C. The molecule has 1 amide bonds. The van der Waals surface area contributed by atoms with E-state index in [1.54, 1.807) is 13.3 Å². The number of rotatable bonds is 3. The number of amides is 1. The molecule has 1 N–H and O–H groups in total. The van der Waals surface area contributed by atoms with Crippen LogP contribution >= 0.6 is 0 Å². The van der Waals surface area contributed by atoms with Gasteiger partial charge in [0.15, 0.2) is 0 Å². The van der Waals surface area contributed by atoms with Crippen molar-refractivity contribution < 1.29 is 9.53 Å². The van der Waals surface area contributed by atoms with E-state index in [9.17, 15) is 4.79 Å². The van der Waals surface area contributed by atoms with Crippen LogP contribution in [0.4, 0.5) is 0 Å². The fraction of sp³-hybridized carbons (Fsp3) is 0.538. The summed E-state index contributed by atoms with van der Waals surface area (Å²) >= 11 is 0. The van der Waals surface area contributed by atoms with Crippen LogP contribution in [0.3, 0.4) is 0 Å². The molecule has 98 valence electrons. The standard InChI is InChI=1S/C13H19N3O2/c1-10-12(17)14-7-4-8-16(10)9-11-5-3-6-15-13(11)18-2/h3,5-6,10H,4,7-9H2,1-2H3,(H,14,17). The van der Waals surface area contributed by atoms with Crippen molar-refractivity contribution in [1.29, 1.82) is 0 Å². The predicted molar refractivity (Wildman–Crippen MR) is 68.3 cm³/mol. The third-order valence-electron chi connectivity index (χ3n) is 3.27. The molecule has 1 aromatic rings. The number of ether oxygens (including phenoxy) is 1. The maximum Gasteiger partial charge on any atom is 0.237 e. The fourth-order valence-corrected chi connectivity index (χ4v) is 2.16. The van der Waals surface area contributed by atoms with Gasteiger partial charge in [-0.1, -0.05) is 6.07 Å². The highest BCUT2D eigenvalue weighted by molar-refractivity contribution is 5.81. The van der Waals surface area contributed by atoms with Gasteiger partial charge >= 0.3 is 0 Å². The van der Waals surface area contributed by atoms with Crippen LogP contribution in [-0.4, -0.2) is 42.0 Å². The van der Waals surface area contributed by atoms with Crippen molar-refractivity contribution in [3.63, 3.8) is 0 Å². The Balaban J connectivity index is 2.13. The molecule has 2 rings (SSSR count). The molecule has 1 atom stereocenters. The second-order valence-electron chi connectivity index (χ2n) is 4.46. The molecule has 1 aliphatic rings. The van der Waals surface area contributed by atoms with Crippen molar-refractivity contribution in [2.45, 2.75) is 25.9 Å². The van der Waals surface area contributed by atoms with Gasteiger partial charge in [0.1, 0.15) is 0 Å². The van der Waals surface area contributed by atoms with Gasteiger partial charge in [0.2, 0.25) is 11.8 Å². The molecule has 18 heavy (non-hydrogen) atoms. The number of nitrogens with zero attached hydrogens (tertiary/aromatic N) is 2. The maximum absolute atomic E-state index is 11.8. The summed E-state index contributed by atoms with van der Waals surface area (Å²) < 4.78 is 5.24. The quantitative estimate of drug-likeness (QED) is 0.861. The highest BCUT2D eigenvalue weighted by atomic mass is 16.5. The van der Waals surface area contributed by atoms with Gasteiger partial charge in [0, 0.05) is 31.4 Å². The van der Waals surface area contributed by atoms with Crippen molar-refractivity contribution >= 4 is 5.91 Å². The summed E-state index contributed by atoms with van der Waals surface area (Å²) in [6, 6.07) is 3.76. The van der Waals surface area contributed by atoms with E-state index in [1.807, 2.05) is 19.1 Å². The zero-order valence-corrected chi connectivity index (χ0v) is 10.8. The molecule has 1 aromatic heterocycles. The molecule has 0 aliphatic carbocycles. The minimum atomic E-state index is -0.114. The van der Waals surface area contributed by atoms with E-state index in [-0.39, 0.29) is 11.9 Å². The van der Waals surface area contributed by atoms with E-state index in [0.717, 1.165) is 25.1 Å². The molecule has 5 heteroatoms. The first-order chi connectivity index (χ1) is 8.72. The fourth-order valence-electron chi connectivity index (χ4n) is 2.16. The average molecular weight is 249 g/mol. The summed E-state index contributed by atoms with van der Waals surface area (Å²) in [6.45, 7) is 4.27. The summed E-state index contributed by atoms with van der Waals surface area (Å²) in [5.74, 6) is 0.727. The van der Waals surface area contributed by atoms with E-state index >= 15 is 0 Å². The summed E-state index contributed by atoms with van der Waals surface area (Å²) in [6.07, 6.45) is 2.68. The van der Waals surface area contributed by atoms with Gasteiger partial charge in [-0.2, -0.15) is 0 Å². The molecular weight excluding hydrogens is 230 g/mol. The zero-order valence-electron chi connectivity index (χ0n) is 10.8. The molecule has 0 radical (unpaired) electrons. The molecule has 1 saturated heterocycles. The Morgan fingerprint density at radius 3 is 3.22 bits per heavy atom. The highest BCUT2D eigenvalue weighted by Gasteiger charge is 2.24. The first-order valence-corrected chi connectivity index (χ1v) is 6.22. The van der Waals surface area contributed by atoms with Gasteiger partial charge in [-0.3, -0.25) is 9.69 Å². The summed E-state index contributed by atoms with van der Waals surface area (Å²) in [5, 5.41) is 2.91. The van der Waals surface area contributed by atoms with Crippen LogP contribution in [0.2, 0.25) is 0 Å². The third kappa shape index (κ3) is 2.79. The minimum Gasteiger partial charge on any atom is -0.481 e. The normalized spacial score (nSPS) is 21.2. The minimum absolute atomic E-state index is 0.0929. The second kappa shape index (κ2) is 5.82. The second-order valence-corrected chi connectivity index (χ2v) is 4.46. The number of carbonyl (C=O) groups excluding carboxylic acids is 1. The Labute approximate surface area is 107 Å². The van der Waals surface area contributed by atoms with Crippen LogP contribution < -0.4 is 10.1 Å². The first kappa shape index (κ1) is 12.8. The number of carbonyl (C=O) groups is 1. The van der Waals surface area contributed by atoms with Gasteiger partial charge in [0.25, 0.3) is 0 Å². The van der Waals surface area contributed by atoms with Crippen LogP contribution in [0.25, 0.3) is 0 Å². The number of nitrogens with one attached hydrogen (secondary N) is 1. The Kier molecular flexibility index (Phi) is 4.15.